The Balaban J connectivity index is 2.57. The molecule has 15 heavy (non-hydrogen) atoms. The summed E-state index contributed by atoms with van der Waals surface area (Å²) in [5, 5.41) is 3.07. The third kappa shape index (κ3) is 3.57. The molecule has 5 heteroatoms. The van der Waals surface area contributed by atoms with Crippen molar-refractivity contribution in [2.75, 3.05) is 30.8 Å². The molecule has 84 valence electrons. The second-order valence-electron chi connectivity index (χ2n) is 2.98. The monoisotopic (exact) mass is 232 g/mol. The molecule has 0 aliphatic carbocycles. The lowest BCUT2D eigenvalue weighted by Gasteiger charge is -2.10. The zero-order valence-corrected chi connectivity index (χ0v) is 9.27. The van der Waals surface area contributed by atoms with E-state index in [0.717, 1.165) is 0 Å². The summed E-state index contributed by atoms with van der Waals surface area (Å²) < 4.78 is 18.1. The van der Waals surface area contributed by atoms with Gasteiger partial charge < -0.3 is 15.8 Å². The minimum absolute atomic E-state index is 0.0584. The standard InChI is InChI=1S/C10H14ClFN2O/c1-2-15-4-3-14-10-5-7(11)8(12)6-9(10)13/h5-6,14H,2-4,13H2,1H3. The van der Waals surface area contributed by atoms with Gasteiger partial charge in [-0.3, -0.25) is 0 Å². The molecule has 0 unspecified atom stereocenters. The number of ether oxygens (including phenoxy) is 1. The molecule has 0 heterocycles. The number of hydrogen-bond acceptors (Lipinski definition) is 3. The van der Waals surface area contributed by atoms with Crippen LogP contribution < -0.4 is 11.1 Å². The molecule has 1 aromatic rings. The zero-order chi connectivity index (χ0) is 11.3. The molecule has 0 fully saturated rings. The van der Waals surface area contributed by atoms with Crippen molar-refractivity contribution in [1.29, 1.82) is 0 Å². The molecule has 0 amide bonds. The molecule has 0 atom stereocenters. The van der Waals surface area contributed by atoms with E-state index in [2.05, 4.69) is 5.32 Å². The predicted molar refractivity (Wildman–Crippen MR) is 60.8 cm³/mol. The van der Waals surface area contributed by atoms with Crippen LogP contribution in [0.3, 0.4) is 0 Å². The van der Waals surface area contributed by atoms with Gasteiger partial charge in [0.15, 0.2) is 0 Å². The summed E-state index contributed by atoms with van der Waals surface area (Å²) in [4.78, 5) is 0. The Morgan fingerprint density at radius 3 is 2.93 bits per heavy atom. The Morgan fingerprint density at radius 2 is 2.27 bits per heavy atom. The Labute approximate surface area is 93.4 Å². The van der Waals surface area contributed by atoms with Crippen LogP contribution in [-0.2, 0) is 4.74 Å². The Hall–Kier alpha value is -1.00. The van der Waals surface area contributed by atoms with Crippen molar-refractivity contribution in [1.82, 2.24) is 0 Å². The Kier molecular flexibility index (Phi) is 4.65. The van der Waals surface area contributed by atoms with Crippen molar-refractivity contribution in [2.45, 2.75) is 6.92 Å². The average Bonchev–Trinajstić information content (AvgIpc) is 2.20. The number of nitrogens with one attached hydrogen (secondary N) is 1. The molecule has 0 aliphatic heterocycles. The zero-order valence-electron chi connectivity index (χ0n) is 8.52. The Bertz CT molecular complexity index is 333. The Morgan fingerprint density at radius 1 is 1.53 bits per heavy atom. The van der Waals surface area contributed by atoms with E-state index < -0.39 is 5.82 Å². The van der Waals surface area contributed by atoms with Crippen LogP contribution >= 0.6 is 11.6 Å². The normalized spacial score (nSPS) is 10.3. The minimum Gasteiger partial charge on any atom is -0.397 e. The number of rotatable bonds is 5. The molecule has 1 aromatic carbocycles. The van der Waals surface area contributed by atoms with E-state index in [1.54, 1.807) is 0 Å². The van der Waals surface area contributed by atoms with Crippen molar-refractivity contribution in [3.05, 3.63) is 23.0 Å². The fourth-order valence-electron chi connectivity index (χ4n) is 1.12. The maximum atomic E-state index is 12.9. The van der Waals surface area contributed by atoms with Crippen LogP contribution in [0.1, 0.15) is 6.92 Å². The summed E-state index contributed by atoms with van der Waals surface area (Å²) in [5.41, 5.74) is 6.57. The second kappa shape index (κ2) is 5.78. The highest BCUT2D eigenvalue weighted by atomic mass is 35.5. The molecular formula is C10H14ClFN2O. The molecule has 0 aromatic heterocycles. The highest BCUT2D eigenvalue weighted by molar-refractivity contribution is 6.31. The van der Waals surface area contributed by atoms with E-state index in [1.807, 2.05) is 6.92 Å². The second-order valence-corrected chi connectivity index (χ2v) is 3.38. The molecule has 0 radical (unpaired) electrons. The fraction of sp³-hybridized carbons (Fsp3) is 0.400. The maximum absolute atomic E-state index is 12.9. The van der Waals surface area contributed by atoms with Crippen LogP contribution in [0.25, 0.3) is 0 Å². The fourth-order valence-corrected chi connectivity index (χ4v) is 1.28. The first-order valence-electron chi connectivity index (χ1n) is 4.71. The molecule has 0 bridgehead atoms. The van der Waals surface area contributed by atoms with Crippen molar-refractivity contribution in [3.63, 3.8) is 0 Å². The molecule has 0 saturated heterocycles. The summed E-state index contributed by atoms with van der Waals surface area (Å²) >= 11 is 5.62. The van der Waals surface area contributed by atoms with Crippen molar-refractivity contribution in [3.8, 4) is 0 Å². The van der Waals surface area contributed by atoms with E-state index in [4.69, 9.17) is 22.1 Å². The summed E-state index contributed by atoms with van der Waals surface area (Å²) in [7, 11) is 0. The number of halogens is 2. The van der Waals surface area contributed by atoms with Crippen LogP contribution in [0, 0.1) is 5.82 Å². The van der Waals surface area contributed by atoms with Crippen LogP contribution in [0.4, 0.5) is 15.8 Å². The summed E-state index contributed by atoms with van der Waals surface area (Å²) in [5.74, 6) is -0.510. The summed E-state index contributed by atoms with van der Waals surface area (Å²) in [6.07, 6.45) is 0. The number of hydrogen-bond donors (Lipinski definition) is 2. The maximum Gasteiger partial charge on any atom is 0.143 e. The molecule has 0 aliphatic rings. The van der Waals surface area contributed by atoms with Gasteiger partial charge >= 0.3 is 0 Å². The van der Waals surface area contributed by atoms with Gasteiger partial charge in [0.1, 0.15) is 5.82 Å². The molecule has 1 rings (SSSR count). The SMILES string of the molecule is CCOCCNc1cc(Cl)c(F)cc1N. The van der Waals surface area contributed by atoms with Gasteiger partial charge in [-0.05, 0) is 13.0 Å². The lowest BCUT2D eigenvalue weighted by molar-refractivity contribution is 0.158. The van der Waals surface area contributed by atoms with Gasteiger partial charge in [-0.15, -0.1) is 0 Å². The van der Waals surface area contributed by atoms with E-state index in [9.17, 15) is 4.39 Å². The molecule has 3 nitrogen and oxygen atoms in total. The highest BCUT2D eigenvalue weighted by Crippen LogP contribution is 2.25. The minimum atomic E-state index is -0.510. The van der Waals surface area contributed by atoms with E-state index in [-0.39, 0.29) is 5.02 Å². The van der Waals surface area contributed by atoms with Crippen molar-refractivity contribution in [2.24, 2.45) is 0 Å². The van der Waals surface area contributed by atoms with Crippen LogP contribution in [0.2, 0.25) is 5.02 Å². The smallest absolute Gasteiger partial charge is 0.143 e. The molecule has 0 saturated carbocycles. The topological polar surface area (TPSA) is 47.3 Å². The van der Waals surface area contributed by atoms with E-state index in [1.165, 1.54) is 12.1 Å². The quantitative estimate of drug-likeness (QED) is 0.606. The van der Waals surface area contributed by atoms with E-state index >= 15 is 0 Å². The van der Waals surface area contributed by atoms with E-state index in [0.29, 0.717) is 31.1 Å². The first-order valence-corrected chi connectivity index (χ1v) is 5.09. The van der Waals surface area contributed by atoms with Crippen molar-refractivity contribution < 1.29 is 9.13 Å². The van der Waals surface area contributed by atoms with Gasteiger partial charge in [0.2, 0.25) is 0 Å². The summed E-state index contributed by atoms with van der Waals surface area (Å²) in [6, 6.07) is 2.67. The lowest BCUT2D eigenvalue weighted by Crippen LogP contribution is -2.10. The summed E-state index contributed by atoms with van der Waals surface area (Å²) in [6.45, 7) is 3.77. The lowest BCUT2D eigenvalue weighted by atomic mass is 10.2. The number of nitrogens with two attached hydrogens (primary N) is 1. The first-order chi connectivity index (χ1) is 7.15. The van der Waals surface area contributed by atoms with Crippen molar-refractivity contribution >= 4 is 23.0 Å². The number of nitrogen functional groups attached to an aromatic ring is 1. The largest absolute Gasteiger partial charge is 0.397 e. The van der Waals surface area contributed by atoms with Gasteiger partial charge in [-0.25, -0.2) is 4.39 Å². The molecular weight excluding hydrogens is 219 g/mol. The average molecular weight is 233 g/mol. The predicted octanol–water partition coefficient (Wildman–Crippen LogP) is 2.51. The highest BCUT2D eigenvalue weighted by Gasteiger charge is 2.05. The third-order valence-electron chi connectivity index (χ3n) is 1.86. The van der Waals surface area contributed by atoms with Gasteiger partial charge in [-0.2, -0.15) is 0 Å². The van der Waals surface area contributed by atoms with Crippen LogP contribution in [0.5, 0.6) is 0 Å². The van der Waals surface area contributed by atoms with Gasteiger partial charge in [-0.1, -0.05) is 11.6 Å². The number of benzene rings is 1. The van der Waals surface area contributed by atoms with Gasteiger partial charge in [0.25, 0.3) is 0 Å². The first kappa shape index (κ1) is 12.1. The third-order valence-corrected chi connectivity index (χ3v) is 2.15. The number of anilines is 2. The van der Waals surface area contributed by atoms with Crippen LogP contribution in [0.15, 0.2) is 12.1 Å². The van der Waals surface area contributed by atoms with Crippen LogP contribution in [-0.4, -0.2) is 19.8 Å². The molecule has 3 N–H and O–H groups in total. The molecule has 0 spiro atoms. The van der Waals surface area contributed by atoms with Gasteiger partial charge in [0, 0.05) is 19.2 Å². The van der Waals surface area contributed by atoms with Gasteiger partial charge in [0.05, 0.1) is 23.0 Å².